The van der Waals surface area contributed by atoms with E-state index in [1.807, 2.05) is 52.2 Å². The Bertz CT molecular complexity index is 460. The molecule has 0 aliphatic carbocycles. The molecule has 0 bridgehead atoms. The normalized spacial score (nSPS) is 11.9. The fraction of sp³-hybridized carbons (Fsp3) is 0.438. The van der Waals surface area contributed by atoms with Gasteiger partial charge in [-0.3, -0.25) is 4.79 Å². The highest BCUT2D eigenvalue weighted by Crippen LogP contribution is 2.20. The standard InChI is InChI=1S/C16H24N2O2/c1-12(2)10-16(19)17-11-15(18(3)4)13-6-8-14(20-5)9-7-13/h6-10,15H,11H2,1-5H3,(H,17,19). The smallest absolute Gasteiger partial charge is 0.243 e. The molecule has 1 aromatic rings. The Balaban J connectivity index is 2.73. The van der Waals surface area contributed by atoms with Crippen molar-refractivity contribution in [3.05, 3.63) is 41.5 Å². The van der Waals surface area contributed by atoms with Crippen LogP contribution in [-0.4, -0.2) is 38.6 Å². The number of nitrogens with zero attached hydrogens (tertiary/aromatic N) is 1. The van der Waals surface area contributed by atoms with Crippen LogP contribution in [0.1, 0.15) is 25.5 Å². The van der Waals surface area contributed by atoms with E-state index in [9.17, 15) is 4.79 Å². The van der Waals surface area contributed by atoms with Gasteiger partial charge in [-0.25, -0.2) is 0 Å². The molecular weight excluding hydrogens is 252 g/mol. The number of methoxy groups -OCH3 is 1. The molecule has 0 aliphatic rings. The maximum Gasteiger partial charge on any atom is 0.243 e. The Morgan fingerprint density at radius 3 is 2.35 bits per heavy atom. The largest absolute Gasteiger partial charge is 0.497 e. The first-order valence-electron chi connectivity index (χ1n) is 6.67. The van der Waals surface area contributed by atoms with Crippen LogP contribution in [0.3, 0.4) is 0 Å². The lowest BCUT2D eigenvalue weighted by Gasteiger charge is -2.25. The summed E-state index contributed by atoms with van der Waals surface area (Å²) in [4.78, 5) is 13.8. The molecule has 0 saturated carbocycles. The van der Waals surface area contributed by atoms with E-state index in [1.165, 1.54) is 0 Å². The van der Waals surface area contributed by atoms with E-state index in [0.717, 1.165) is 16.9 Å². The number of carbonyl (C=O) groups excluding carboxylic acids is 1. The van der Waals surface area contributed by atoms with Crippen LogP contribution in [-0.2, 0) is 4.79 Å². The van der Waals surface area contributed by atoms with Crippen LogP contribution >= 0.6 is 0 Å². The van der Waals surface area contributed by atoms with Gasteiger partial charge in [0.15, 0.2) is 0 Å². The molecule has 0 fully saturated rings. The topological polar surface area (TPSA) is 41.6 Å². The molecule has 0 aliphatic heterocycles. The number of likely N-dealkylation sites (N-methyl/N-ethyl adjacent to an activating group) is 1. The molecule has 0 saturated heterocycles. The number of ether oxygens (including phenoxy) is 1. The Hall–Kier alpha value is -1.81. The van der Waals surface area contributed by atoms with Crippen LogP contribution in [0.15, 0.2) is 35.9 Å². The fourth-order valence-corrected chi connectivity index (χ4v) is 1.94. The Morgan fingerprint density at radius 2 is 1.90 bits per heavy atom. The summed E-state index contributed by atoms with van der Waals surface area (Å²) in [5, 5.41) is 2.93. The number of allylic oxidation sites excluding steroid dienone is 1. The van der Waals surface area contributed by atoms with Gasteiger partial charge in [0, 0.05) is 12.6 Å². The van der Waals surface area contributed by atoms with Crippen LogP contribution in [0.2, 0.25) is 0 Å². The van der Waals surface area contributed by atoms with Crippen LogP contribution in [0.25, 0.3) is 0 Å². The quantitative estimate of drug-likeness (QED) is 0.811. The Kier molecular flexibility index (Phi) is 6.25. The summed E-state index contributed by atoms with van der Waals surface area (Å²) in [5.41, 5.74) is 2.14. The summed E-state index contributed by atoms with van der Waals surface area (Å²) in [6.07, 6.45) is 1.61. The average Bonchev–Trinajstić information content (AvgIpc) is 2.38. The minimum absolute atomic E-state index is 0.0506. The van der Waals surface area contributed by atoms with Gasteiger partial charge in [-0.05, 0) is 45.6 Å². The summed E-state index contributed by atoms with van der Waals surface area (Å²) < 4.78 is 5.16. The summed E-state index contributed by atoms with van der Waals surface area (Å²) in [7, 11) is 5.65. The van der Waals surface area contributed by atoms with Gasteiger partial charge in [0.1, 0.15) is 5.75 Å². The lowest BCUT2D eigenvalue weighted by Crippen LogP contribution is -2.33. The van der Waals surface area contributed by atoms with Gasteiger partial charge in [-0.15, -0.1) is 0 Å². The summed E-state index contributed by atoms with van der Waals surface area (Å²) in [6.45, 7) is 4.39. The molecule has 1 atom stereocenters. The molecule has 4 nitrogen and oxygen atoms in total. The number of rotatable bonds is 6. The number of hydrogen-bond donors (Lipinski definition) is 1. The highest BCUT2D eigenvalue weighted by Gasteiger charge is 2.14. The van der Waals surface area contributed by atoms with Crippen molar-refractivity contribution in [2.75, 3.05) is 27.7 Å². The molecule has 110 valence electrons. The van der Waals surface area contributed by atoms with Gasteiger partial charge in [0.25, 0.3) is 0 Å². The first-order chi connectivity index (χ1) is 9.43. The second-order valence-electron chi connectivity index (χ2n) is 5.22. The fourth-order valence-electron chi connectivity index (χ4n) is 1.94. The monoisotopic (exact) mass is 276 g/mol. The zero-order valence-corrected chi connectivity index (χ0v) is 12.9. The van der Waals surface area contributed by atoms with E-state index < -0.39 is 0 Å². The molecule has 4 heteroatoms. The number of carbonyl (C=O) groups is 1. The van der Waals surface area contributed by atoms with Crippen LogP contribution < -0.4 is 10.1 Å². The molecule has 1 unspecified atom stereocenters. The van der Waals surface area contributed by atoms with Gasteiger partial charge in [0.05, 0.1) is 13.2 Å². The average molecular weight is 276 g/mol. The van der Waals surface area contributed by atoms with Gasteiger partial charge in [-0.2, -0.15) is 0 Å². The molecule has 1 aromatic carbocycles. The molecular formula is C16H24N2O2. The summed E-state index contributed by atoms with van der Waals surface area (Å²) >= 11 is 0. The molecule has 1 N–H and O–H groups in total. The van der Waals surface area contributed by atoms with Gasteiger partial charge in [-0.1, -0.05) is 17.7 Å². The van der Waals surface area contributed by atoms with E-state index in [-0.39, 0.29) is 11.9 Å². The van der Waals surface area contributed by atoms with Crippen molar-refractivity contribution in [3.8, 4) is 5.75 Å². The highest BCUT2D eigenvalue weighted by molar-refractivity contribution is 5.88. The van der Waals surface area contributed by atoms with Crippen LogP contribution in [0, 0.1) is 0 Å². The number of hydrogen-bond acceptors (Lipinski definition) is 3. The van der Waals surface area contributed by atoms with Crippen molar-refractivity contribution in [1.29, 1.82) is 0 Å². The van der Waals surface area contributed by atoms with Crippen molar-refractivity contribution < 1.29 is 9.53 Å². The lowest BCUT2D eigenvalue weighted by molar-refractivity contribution is -0.116. The van der Waals surface area contributed by atoms with Crippen LogP contribution in [0.5, 0.6) is 5.75 Å². The zero-order chi connectivity index (χ0) is 15.1. The van der Waals surface area contributed by atoms with E-state index in [2.05, 4.69) is 10.2 Å². The summed E-state index contributed by atoms with van der Waals surface area (Å²) in [6, 6.07) is 8.05. The molecule has 0 radical (unpaired) electrons. The van der Waals surface area contributed by atoms with Crippen molar-refractivity contribution in [2.24, 2.45) is 0 Å². The third kappa shape index (κ3) is 5.05. The highest BCUT2D eigenvalue weighted by atomic mass is 16.5. The number of nitrogens with one attached hydrogen (secondary N) is 1. The van der Waals surface area contributed by atoms with Crippen LogP contribution in [0.4, 0.5) is 0 Å². The number of amides is 1. The second-order valence-corrected chi connectivity index (χ2v) is 5.22. The molecule has 1 amide bonds. The SMILES string of the molecule is COc1ccc(C(CNC(=O)C=C(C)C)N(C)C)cc1. The minimum Gasteiger partial charge on any atom is -0.497 e. The minimum atomic E-state index is -0.0506. The predicted molar refractivity (Wildman–Crippen MR) is 81.9 cm³/mol. The second kappa shape index (κ2) is 7.70. The van der Waals surface area contributed by atoms with E-state index >= 15 is 0 Å². The van der Waals surface area contributed by atoms with Crippen molar-refractivity contribution in [2.45, 2.75) is 19.9 Å². The number of benzene rings is 1. The van der Waals surface area contributed by atoms with Crippen molar-refractivity contribution in [1.82, 2.24) is 10.2 Å². The summed E-state index contributed by atoms with van der Waals surface area (Å²) in [5.74, 6) is 0.783. The molecule has 20 heavy (non-hydrogen) atoms. The van der Waals surface area contributed by atoms with Crippen molar-refractivity contribution >= 4 is 5.91 Å². The van der Waals surface area contributed by atoms with Gasteiger partial charge in [0.2, 0.25) is 5.91 Å². The first-order valence-corrected chi connectivity index (χ1v) is 6.67. The Morgan fingerprint density at radius 1 is 1.30 bits per heavy atom. The maximum atomic E-state index is 11.7. The molecule has 0 spiro atoms. The van der Waals surface area contributed by atoms with E-state index in [4.69, 9.17) is 4.74 Å². The molecule has 0 aromatic heterocycles. The van der Waals surface area contributed by atoms with E-state index in [1.54, 1.807) is 13.2 Å². The van der Waals surface area contributed by atoms with Crippen molar-refractivity contribution in [3.63, 3.8) is 0 Å². The maximum absolute atomic E-state index is 11.7. The van der Waals surface area contributed by atoms with Gasteiger partial charge < -0.3 is 15.0 Å². The first kappa shape index (κ1) is 16.2. The van der Waals surface area contributed by atoms with E-state index in [0.29, 0.717) is 6.54 Å². The molecule has 1 rings (SSSR count). The third-order valence-electron chi connectivity index (χ3n) is 3.01. The lowest BCUT2D eigenvalue weighted by atomic mass is 10.1. The van der Waals surface area contributed by atoms with Gasteiger partial charge >= 0.3 is 0 Å². The zero-order valence-electron chi connectivity index (χ0n) is 12.9. The third-order valence-corrected chi connectivity index (χ3v) is 3.01. The Labute approximate surface area is 121 Å². The molecule has 0 heterocycles. The predicted octanol–water partition coefficient (Wildman–Crippen LogP) is 2.38.